The van der Waals surface area contributed by atoms with Crippen LogP contribution in [0.2, 0.25) is 5.02 Å². The molecule has 0 saturated carbocycles. The molecule has 3 rings (SSSR count). The Bertz CT molecular complexity index is 699. The zero-order valence-corrected chi connectivity index (χ0v) is 12.7. The van der Waals surface area contributed by atoms with Crippen molar-refractivity contribution in [2.24, 2.45) is 5.73 Å². The fraction of sp³-hybridized carbons (Fsp3) is 0.294. The van der Waals surface area contributed by atoms with Crippen LogP contribution in [0.15, 0.2) is 36.4 Å². The van der Waals surface area contributed by atoms with Crippen molar-refractivity contribution in [2.45, 2.75) is 25.3 Å². The van der Waals surface area contributed by atoms with Crippen LogP contribution in [-0.4, -0.2) is 6.61 Å². The van der Waals surface area contributed by atoms with Crippen LogP contribution < -0.4 is 10.5 Å². The van der Waals surface area contributed by atoms with Crippen molar-refractivity contribution in [1.82, 2.24) is 0 Å². The molecule has 0 amide bonds. The predicted octanol–water partition coefficient (Wildman–Crippen LogP) is 4.20. The lowest BCUT2D eigenvalue weighted by Gasteiger charge is -2.19. The minimum absolute atomic E-state index is 0.0576. The maximum atomic E-state index is 14.0. The van der Waals surface area contributed by atoms with E-state index in [-0.39, 0.29) is 11.2 Å². The second-order valence-corrected chi connectivity index (χ2v) is 6.51. The molecule has 1 atom stereocenters. The number of benzene rings is 2. The number of hydrogen-bond donors (Lipinski definition) is 1. The van der Waals surface area contributed by atoms with E-state index in [1.54, 1.807) is 6.07 Å². The molecule has 0 fully saturated rings. The second-order valence-electron chi connectivity index (χ2n) is 6.07. The molecule has 0 saturated heterocycles. The predicted molar refractivity (Wildman–Crippen MR) is 82.4 cm³/mol. The van der Waals surface area contributed by atoms with Crippen LogP contribution in [0.1, 0.15) is 36.6 Å². The molecule has 2 aromatic carbocycles. The number of rotatable bonds is 2. The normalized spacial score (nSPS) is 17.2. The van der Waals surface area contributed by atoms with Gasteiger partial charge in [-0.2, -0.15) is 0 Å². The molecule has 4 heteroatoms. The molecule has 0 bridgehead atoms. The molecular weight excluding hydrogens is 289 g/mol. The molecule has 1 aliphatic heterocycles. The van der Waals surface area contributed by atoms with Crippen LogP contribution in [0.3, 0.4) is 0 Å². The highest BCUT2D eigenvalue weighted by Gasteiger charge is 2.32. The highest BCUT2D eigenvalue weighted by atomic mass is 35.5. The molecule has 1 aliphatic rings. The molecule has 0 radical (unpaired) electrons. The van der Waals surface area contributed by atoms with Crippen LogP contribution in [0.5, 0.6) is 5.75 Å². The maximum Gasteiger partial charge on any atom is 0.128 e. The highest BCUT2D eigenvalue weighted by Crippen LogP contribution is 2.40. The number of hydrogen-bond acceptors (Lipinski definition) is 2. The molecule has 2 aromatic rings. The van der Waals surface area contributed by atoms with Crippen molar-refractivity contribution in [2.75, 3.05) is 6.61 Å². The van der Waals surface area contributed by atoms with E-state index in [1.165, 1.54) is 12.1 Å². The number of ether oxygens (including phenoxy) is 1. The van der Waals surface area contributed by atoms with E-state index < -0.39 is 6.04 Å². The van der Waals surface area contributed by atoms with E-state index in [4.69, 9.17) is 22.1 Å². The van der Waals surface area contributed by atoms with Crippen molar-refractivity contribution in [1.29, 1.82) is 0 Å². The molecule has 2 nitrogen and oxygen atoms in total. The molecule has 0 aromatic heterocycles. The molecule has 1 heterocycles. The van der Waals surface area contributed by atoms with Gasteiger partial charge in [-0.1, -0.05) is 31.5 Å². The van der Waals surface area contributed by atoms with E-state index >= 15 is 0 Å². The van der Waals surface area contributed by atoms with Crippen LogP contribution in [0, 0.1) is 5.82 Å². The van der Waals surface area contributed by atoms with Gasteiger partial charge in [-0.25, -0.2) is 4.39 Å². The average Bonchev–Trinajstić information content (AvgIpc) is 2.76. The highest BCUT2D eigenvalue weighted by molar-refractivity contribution is 6.30. The largest absolute Gasteiger partial charge is 0.492 e. The fourth-order valence-electron chi connectivity index (χ4n) is 2.66. The standard InChI is InChI=1S/C17H17ClFNO/c1-17(2)9-21-15-6-3-10(7-13(15)17)16(20)12-8-11(18)4-5-14(12)19/h3-8,16H,9,20H2,1-2H3. The third-order valence-electron chi connectivity index (χ3n) is 3.97. The summed E-state index contributed by atoms with van der Waals surface area (Å²) in [6, 6.07) is 9.69. The van der Waals surface area contributed by atoms with E-state index in [2.05, 4.69) is 13.8 Å². The molecule has 21 heavy (non-hydrogen) atoms. The Kier molecular flexibility index (Phi) is 3.42. The van der Waals surface area contributed by atoms with Crippen molar-refractivity contribution in [3.8, 4) is 5.75 Å². The lowest BCUT2D eigenvalue weighted by molar-refractivity contribution is 0.291. The SMILES string of the molecule is CC1(C)COc2ccc(C(N)c3cc(Cl)ccc3F)cc21. The number of halogens is 2. The first-order valence-corrected chi connectivity index (χ1v) is 7.24. The molecule has 1 unspecified atom stereocenters. The van der Waals surface area contributed by atoms with Gasteiger partial charge in [0.15, 0.2) is 0 Å². The van der Waals surface area contributed by atoms with Crippen molar-refractivity contribution < 1.29 is 9.13 Å². The smallest absolute Gasteiger partial charge is 0.128 e. The van der Waals surface area contributed by atoms with Crippen LogP contribution >= 0.6 is 11.6 Å². The summed E-state index contributed by atoms with van der Waals surface area (Å²) in [5, 5.41) is 0.478. The van der Waals surface area contributed by atoms with E-state index in [0.29, 0.717) is 17.2 Å². The van der Waals surface area contributed by atoms with Crippen molar-refractivity contribution in [3.05, 3.63) is 63.9 Å². The van der Waals surface area contributed by atoms with Gasteiger partial charge in [0.05, 0.1) is 12.6 Å². The molecule has 0 aliphatic carbocycles. The van der Waals surface area contributed by atoms with Crippen LogP contribution in [0.4, 0.5) is 4.39 Å². The van der Waals surface area contributed by atoms with Crippen molar-refractivity contribution in [3.63, 3.8) is 0 Å². The van der Waals surface area contributed by atoms with Crippen LogP contribution in [-0.2, 0) is 5.41 Å². The van der Waals surface area contributed by atoms with Gasteiger partial charge >= 0.3 is 0 Å². The summed E-state index contributed by atoms with van der Waals surface area (Å²) in [6.45, 7) is 4.88. The number of fused-ring (bicyclic) bond motifs is 1. The summed E-state index contributed by atoms with van der Waals surface area (Å²) in [5.74, 6) is 0.533. The Hall–Kier alpha value is -1.58. The summed E-state index contributed by atoms with van der Waals surface area (Å²) in [4.78, 5) is 0. The lowest BCUT2D eigenvalue weighted by atomic mass is 9.85. The van der Waals surface area contributed by atoms with Gasteiger partial charge in [-0.05, 0) is 35.9 Å². The molecule has 110 valence electrons. The van der Waals surface area contributed by atoms with Gasteiger partial charge in [0.25, 0.3) is 0 Å². The quantitative estimate of drug-likeness (QED) is 0.902. The first-order valence-electron chi connectivity index (χ1n) is 6.86. The first-order chi connectivity index (χ1) is 9.88. The Morgan fingerprint density at radius 3 is 2.76 bits per heavy atom. The third kappa shape index (κ3) is 2.52. The van der Waals surface area contributed by atoms with Gasteiger partial charge in [0.2, 0.25) is 0 Å². The van der Waals surface area contributed by atoms with E-state index in [9.17, 15) is 4.39 Å². The monoisotopic (exact) mass is 305 g/mol. The molecular formula is C17H17ClFNO. The Balaban J connectivity index is 2.03. The summed E-state index contributed by atoms with van der Waals surface area (Å²) in [6.07, 6.45) is 0. The minimum atomic E-state index is -0.551. The van der Waals surface area contributed by atoms with Gasteiger partial charge in [-0.15, -0.1) is 0 Å². The van der Waals surface area contributed by atoms with E-state index in [1.807, 2.05) is 18.2 Å². The average molecular weight is 306 g/mol. The summed E-state index contributed by atoms with van der Waals surface area (Å²) < 4.78 is 19.6. The van der Waals surface area contributed by atoms with Crippen LogP contribution in [0.25, 0.3) is 0 Å². The molecule has 0 spiro atoms. The third-order valence-corrected chi connectivity index (χ3v) is 4.21. The maximum absolute atomic E-state index is 14.0. The zero-order chi connectivity index (χ0) is 15.2. The summed E-state index contributed by atoms with van der Waals surface area (Å²) in [5.41, 5.74) is 8.54. The Morgan fingerprint density at radius 2 is 2.00 bits per heavy atom. The number of nitrogens with two attached hydrogens (primary N) is 1. The second kappa shape index (κ2) is 5.00. The topological polar surface area (TPSA) is 35.2 Å². The summed E-state index contributed by atoms with van der Waals surface area (Å²) >= 11 is 5.95. The van der Waals surface area contributed by atoms with Crippen molar-refractivity contribution >= 4 is 11.6 Å². The molecule has 2 N–H and O–H groups in total. The van der Waals surface area contributed by atoms with Gasteiger partial charge in [0, 0.05) is 21.6 Å². The lowest BCUT2D eigenvalue weighted by Crippen LogP contribution is -2.19. The Morgan fingerprint density at radius 1 is 1.24 bits per heavy atom. The Labute approximate surface area is 128 Å². The first kappa shape index (κ1) is 14.4. The van der Waals surface area contributed by atoms with Gasteiger partial charge in [-0.3, -0.25) is 0 Å². The van der Waals surface area contributed by atoms with Gasteiger partial charge in [0.1, 0.15) is 11.6 Å². The zero-order valence-electron chi connectivity index (χ0n) is 12.0. The summed E-state index contributed by atoms with van der Waals surface area (Å²) in [7, 11) is 0. The minimum Gasteiger partial charge on any atom is -0.492 e. The van der Waals surface area contributed by atoms with Gasteiger partial charge < -0.3 is 10.5 Å². The van der Waals surface area contributed by atoms with E-state index in [0.717, 1.165) is 16.9 Å². The fourth-order valence-corrected chi connectivity index (χ4v) is 2.84.